The largest absolute Gasteiger partial charge is 0.454 e. The maximum atomic E-state index is 10.0. The molecule has 4 nitrogen and oxygen atoms in total. The van der Waals surface area contributed by atoms with Crippen molar-refractivity contribution in [2.75, 3.05) is 20.4 Å². The van der Waals surface area contributed by atoms with Gasteiger partial charge >= 0.3 is 0 Å². The summed E-state index contributed by atoms with van der Waals surface area (Å²) in [4.78, 5) is 0. The Morgan fingerprint density at radius 3 is 3.00 bits per heavy atom. The molecule has 0 saturated heterocycles. The summed E-state index contributed by atoms with van der Waals surface area (Å²) in [6.07, 6.45) is -0.561. The van der Waals surface area contributed by atoms with E-state index in [1.807, 2.05) is 13.0 Å². The fraction of sp³-hybridized carbons (Fsp3) is 0.455. The first-order valence-corrected chi connectivity index (χ1v) is 5.85. The Morgan fingerprint density at radius 2 is 2.31 bits per heavy atom. The molecule has 0 fully saturated rings. The highest BCUT2D eigenvalue weighted by molar-refractivity contribution is 9.10. The van der Waals surface area contributed by atoms with Gasteiger partial charge in [-0.25, -0.2) is 0 Å². The summed E-state index contributed by atoms with van der Waals surface area (Å²) >= 11 is 3.46. The average molecular weight is 288 g/mol. The molecule has 16 heavy (non-hydrogen) atoms. The Morgan fingerprint density at radius 1 is 1.56 bits per heavy atom. The number of hydrogen-bond donors (Lipinski definition) is 2. The van der Waals surface area contributed by atoms with E-state index in [1.165, 1.54) is 0 Å². The first kappa shape index (κ1) is 11.7. The predicted molar refractivity (Wildman–Crippen MR) is 63.9 cm³/mol. The van der Waals surface area contributed by atoms with Crippen LogP contribution in [0.25, 0.3) is 0 Å². The summed E-state index contributed by atoms with van der Waals surface area (Å²) in [7, 11) is 1.80. The monoisotopic (exact) mass is 287 g/mol. The van der Waals surface area contributed by atoms with Crippen molar-refractivity contribution in [2.45, 2.75) is 13.0 Å². The highest BCUT2D eigenvalue weighted by Gasteiger charge is 2.24. The molecule has 0 spiro atoms. The standard InChI is InChI=1S/C11H14BrNO3/c1-6-3-8-11(16-5-15-8)10(12)9(6)7(14)4-13-2/h3,7,13-14H,4-5H2,1-2H3. The summed E-state index contributed by atoms with van der Waals surface area (Å²) in [5.74, 6) is 1.40. The molecule has 88 valence electrons. The first-order chi connectivity index (χ1) is 7.65. The van der Waals surface area contributed by atoms with Crippen molar-refractivity contribution in [1.29, 1.82) is 0 Å². The lowest BCUT2D eigenvalue weighted by Crippen LogP contribution is -2.18. The Labute approximate surface area is 103 Å². The Bertz CT molecular complexity index is 409. The normalized spacial score (nSPS) is 15.2. The molecule has 0 bridgehead atoms. The lowest BCUT2D eigenvalue weighted by atomic mass is 10.0. The minimum Gasteiger partial charge on any atom is -0.454 e. The molecule has 1 unspecified atom stereocenters. The first-order valence-electron chi connectivity index (χ1n) is 5.06. The van der Waals surface area contributed by atoms with Crippen LogP contribution in [0.4, 0.5) is 0 Å². The number of likely N-dealkylation sites (N-methyl/N-ethyl adjacent to an activating group) is 1. The molecule has 1 aliphatic rings. The van der Waals surface area contributed by atoms with Crippen molar-refractivity contribution >= 4 is 15.9 Å². The number of aryl methyl sites for hydroxylation is 1. The lowest BCUT2D eigenvalue weighted by molar-refractivity contribution is 0.170. The zero-order valence-corrected chi connectivity index (χ0v) is 10.8. The zero-order valence-electron chi connectivity index (χ0n) is 9.21. The summed E-state index contributed by atoms with van der Waals surface area (Å²) in [6.45, 7) is 2.68. The SMILES string of the molecule is CNCC(O)c1c(C)cc2c(c1Br)OCO2. The molecular formula is C11H14BrNO3. The van der Waals surface area contributed by atoms with Gasteiger partial charge in [0.25, 0.3) is 0 Å². The van der Waals surface area contributed by atoms with Gasteiger partial charge in [-0.1, -0.05) is 0 Å². The van der Waals surface area contributed by atoms with Crippen molar-refractivity contribution in [1.82, 2.24) is 5.32 Å². The third kappa shape index (κ3) is 1.90. The minimum absolute atomic E-state index is 0.235. The molecular weight excluding hydrogens is 274 g/mol. The van der Waals surface area contributed by atoms with E-state index >= 15 is 0 Å². The molecule has 1 aromatic rings. The maximum absolute atomic E-state index is 10.0. The Hall–Kier alpha value is -0.780. The van der Waals surface area contributed by atoms with E-state index in [2.05, 4.69) is 21.2 Å². The number of hydrogen-bond acceptors (Lipinski definition) is 4. The van der Waals surface area contributed by atoms with Gasteiger partial charge in [-0.15, -0.1) is 0 Å². The number of nitrogens with one attached hydrogen (secondary N) is 1. The molecule has 0 amide bonds. The van der Waals surface area contributed by atoms with Gasteiger partial charge in [0.2, 0.25) is 6.79 Å². The van der Waals surface area contributed by atoms with Crippen LogP contribution >= 0.6 is 15.9 Å². The second-order valence-electron chi connectivity index (χ2n) is 3.73. The number of benzene rings is 1. The molecule has 1 heterocycles. The number of rotatable bonds is 3. The van der Waals surface area contributed by atoms with Gasteiger partial charge in [0.05, 0.1) is 10.6 Å². The maximum Gasteiger partial charge on any atom is 0.231 e. The van der Waals surface area contributed by atoms with Crippen LogP contribution < -0.4 is 14.8 Å². The molecule has 1 atom stereocenters. The third-order valence-corrected chi connectivity index (χ3v) is 3.37. The number of fused-ring (bicyclic) bond motifs is 1. The Kier molecular flexibility index (Phi) is 3.37. The van der Waals surface area contributed by atoms with Gasteiger partial charge in [-0.2, -0.15) is 0 Å². The second-order valence-corrected chi connectivity index (χ2v) is 4.52. The second kappa shape index (κ2) is 4.61. The molecule has 0 aliphatic carbocycles. The number of aliphatic hydroxyl groups excluding tert-OH is 1. The van der Waals surface area contributed by atoms with Crippen molar-refractivity contribution in [3.05, 3.63) is 21.7 Å². The van der Waals surface area contributed by atoms with Crippen LogP contribution in [0, 0.1) is 6.92 Å². The van der Waals surface area contributed by atoms with Crippen LogP contribution in [-0.2, 0) is 0 Å². The van der Waals surface area contributed by atoms with Gasteiger partial charge in [-0.3, -0.25) is 0 Å². The molecule has 2 rings (SSSR count). The fourth-order valence-corrected chi connectivity index (χ4v) is 2.73. The topological polar surface area (TPSA) is 50.7 Å². The smallest absolute Gasteiger partial charge is 0.231 e. The van der Waals surface area contributed by atoms with E-state index in [9.17, 15) is 5.11 Å². The van der Waals surface area contributed by atoms with Crippen LogP contribution in [0.1, 0.15) is 17.2 Å². The van der Waals surface area contributed by atoms with Crippen LogP contribution in [0.15, 0.2) is 10.5 Å². The van der Waals surface area contributed by atoms with E-state index in [4.69, 9.17) is 9.47 Å². The summed E-state index contributed by atoms with van der Waals surface area (Å²) in [5, 5.41) is 13.0. The summed E-state index contributed by atoms with van der Waals surface area (Å²) in [5.41, 5.74) is 1.83. The van der Waals surface area contributed by atoms with Crippen molar-refractivity contribution in [3.63, 3.8) is 0 Å². The summed E-state index contributed by atoms with van der Waals surface area (Å²) < 4.78 is 11.4. The van der Waals surface area contributed by atoms with E-state index in [0.717, 1.165) is 21.3 Å². The molecule has 1 aliphatic heterocycles. The summed E-state index contributed by atoms with van der Waals surface area (Å²) in [6, 6.07) is 1.89. The van der Waals surface area contributed by atoms with E-state index in [0.29, 0.717) is 12.3 Å². The molecule has 5 heteroatoms. The van der Waals surface area contributed by atoms with Gasteiger partial charge in [0.1, 0.15) is 0 Å². The fourth-order valence-electron chi connectivity index (χ4n) is 1.84. The molecule has 0 saturated carbocycles. The average Bonchev–Trinajstić information content (AvgIpc) is 2.66. The number of aliphatic hydroxyl groups is 1. The van der Waals surface area contributed by atoms with Crippen LogP contribution in [0.5, 0.6) is 11.5 Å². The van der Waals surface area contributed by atoms with Crippen molar-refractivity contribution in [2.24, 2.45) is 0 Å². The van der Waals surface area contributed by atoms with Crippen LogP contribution in [-0.4, -0.2) is 25.5 Å². The zero-order chi connectivity index (χ0) is 11.7. The Balaban J connectivity index is 2.45. The van der Waals surface area contributed by atoms with E-state index in [-0.39, 0.29) is 6.79 Å². The predicted octanol–water partition coefficient (Wildman–Crippen LogP) is 1.74. The van der Waals surface area contributed by atoms with Gasteiger partial charge in [-0.05, 0) is 41.5 Å². The third-order valence-electron chi connectivity index (χ3n) is 2.58. The molecule has 1 aromatic carbocycles. The molecule has 2 N–H and O–H groups in total. The quantitative estimate of drug-likeness (QED) is 0.889. The van der Waals surface area contributed by atoms with Crippen molar-refractivity contribution < 1.29 is 14.6 Å². The molecule has 0 radical (unpaired) electrons. The van der Waals surface area contributed by atoms with Gasteiger partial charge in [0, 0.05) is 12.1 Å². The van der Waals surface area contributed by atoms with Crippen molar-refractivity contribution in [3.8, 4) is 11.5 Å². The highest BCUT2D eigenvalue weighted by Crippen LogP contribution is 2.44. The minimum atomic E-state index is -0.561. The highest BCUT2D eigenvalue weighted by atomic mass is 79.9. The van der Waals surface area contributed by atoms with Crippen LogP contribution in [0.3, 0.4) is 0 Å². The molecule has 0 aromatic heterocycles. The van der Waals surface area contributed by atoms with E-state index in [1.54, 1.807) is 7.05 Å². The number of halogens is 1. The van der Waals surface area contributed by atoms with Crippen LogP contribution in [0.2, 0.25) is 0 Å². The van der Waals surface area contributed by atoms with Gasteiger partial charge < -0.3 is 19.9 Å². The number of ether oxygens (including phenoxy) is 2. The van der Waals surface area contributed by atoms with Gasteiger partial charge in [0.15, 0.2) is 11.5 Å². The van der Waals surface area contributed by atoms with E-state index < -0.39 is 6.10 Å². The lowest BCUT2D eigenvalue weighted by Gasteiger charge is -2.16.